The second-order valence-corrected chi connectivity index (χ2v) is 2.23. The van der Waals surface area contributed by atoms with Crippen molar-refractivity contribution in [2.24, 2.45) is 0 Å². The van der Waals surface area contributed by atoms with Crippen LogP contribution in [0.4, 0.5) is 0 Å². The normalized spacial score (nSPS) is 10.0. The third-order valence-electron chi connectivity index (χ3n) is 1.09. The Morgan fingerprint density at radius 1 is 1.60 bits per heavy atom. The highest BCUT2D eigenvalue weighted by Gasteiger charge is 2.04. The molecule has 0 saturated heterocycles. The number of unbranched alkanes of at least 4 members (excludes halogenated alkanes) is 1. The Kier molecular flexibility index (Phi) is 4.94. The van der Waals surface area contributed by atoms with Gasteiger partial charge in [0.1, 0.15) is 0 Å². The number of nitrogens with one attached hydrogen (secondary N) is 1. The molecule has 0 aliphatic heterocycles. The second kappa shape index (κ2) is 5.23. The minimum atomic E-state index is -0.214. The lowest BCUT2D eigenvalue weighted by Gasteiger charge is -2.07. The van der Waals surface area contributed by atoms with Crippen LogP contribution in [0.2, 0.25) is 0 Å². The molecule has 0 fully saturated rings. The molecule has 1 amide bonds. The van der Waals surface area contributed by atoms with Crippen molar-refractivity contribution in [2.45, 2.75) is 33.1 Å². The molecule has 10 heavy (non-hydrogen) atoms. The summed E-state index contributed by atoms with van der Waals surface area (Å²) >= 11 is 0. The molecule has 59 valence electrons. The highest BCUT2D eigenvalue weighted by Crippen LogP contribution is 2.02. The van der Waals surface area contributed by atoms with Crippen LogP contribution in [0.3, 0.4) is 0 Å². The van der Waals surface area contributed by atoms with E-state index in [4.69, 9.17) is 5.11 Å². The van der Waals surface area contributed by atoms with Gasteiger partial charge in [-0.1, -0.05) is 13.3 Å². The van der Waals surface area contributed by atoms with Gasteiger partial charge in [0.2, 0.25) is 5.91 Å². The zero-order valence-corrected chi connectivity index (χ0v) is 6.48. The van der Waals surface area contributed by atoms with Crippen LogP contribution in [0.5, 0.6) is 0 Å². The molecule has 0 bridgehead atoms. The van der Waals surface area contributed by atoms with Crippen LogP contribution >= 0.6 is 0 Å². The number of carbonyl (C=O) groups is 1. The predicted octanol–water partition coefficient (Wildman–Crippen LogP) is 1.17. The largest absolute Gasteiger partial charge is 0.367 e. The van der Waals surface area contributed by atoms with Crippen molar-refractivity contribution in [1.29, 1.82) is 0 Å². The lowest BCUT2D eigenvalue weighted by Crippen LogP contribution is -2.25. The van der Waals surface area contributed by atoms with Crippen LogP contribution in [0.25, 0.3) is 0 Å². The van der Waals surface area contributed by atoms with E-state index in [1.54, 1.807) is 0 Å². The first kappa shape index (κ1) is 9.43. The van der Waals surface area contributed by atoms with Gasteiger partial charge in [0.25, 0.3) is 0 Å². The molecule has 0 heterocycles. The minimum Gasteiger partial charge on any atom is -0.367 e. The Hall–Kier alpha value is -0.570. The van der Waals surface area contributed by atoms with Crippen LogP contribution in [-0.2, 0) is 4.79 Å². The maximum absolute atomic E-state index is 10.3. The molecule has 0 atom stereocenters. The SMILES string of the molecule is CCCC[C](O)NC(C)=O. The van der Waals surface area contributed by atoms with E-state index in [2.05, 4.69) is 5.32 Å². The van der Waals surface area contributed by atoms with E-state index in [1.165, 1.54) is 6.92 Å². The standard InChI is InChI=1S/C7H14NO2/c1-3-4-5-7(10)8-6(2)9/h10H,3-5H2,1-2H3,(H,8,9). The van der Waals surface area contributed by atoms with Crippen molar-refractivity contribution >= 4 is 5.91 Å². The van der Waals surface area contributed by atoms with E-state index in [0.29, 0.717) is 6.42 Å². The van der Waals surface area contributed by atoms with E-state index >= 15 is 0 Å². The molecule has 0 spiro atoms. The Labute approximate surface area is 61.4 Å². The van der Waals surface area contributed by atoms with Crippen LogP contribution in [0.1, 0.15) is 33.1 Å². The fourth-order valence-corrected chi connectivity index (χ4v) is 0.610. The summed E-state index contributed by atoms with van der Waals surface area (Å²) < 4.78 is 0. The second-order valence-electron chi connectivity index (χ2n) is 2.23. The number of amides is 1. The van der Waals surface area contributed by atoms with Crippen LogP contribution in [-0.4, -0.2) is 11.0 Å². The van der Waals surface area contributed by atoms with Crippen LogP contribution in [0, 0.1) is 6.23 Å². The van der Waals surface area contributed by atoms with E-state index in [0.717, 1.165) is 12.8 Å². The molecular weight excluding hydrogens is 130 g/mol. The molecular formula is C7H14NO2. The van der Waals surface area contributed by atoms with Crippen molar-refractivity contribution in [3.63, 3.8) is 0 Å². The summed E-state index contributed by atoms with van der Waals surface area (Å²) in [4.78, 5) is 10.3. The molecule has 0 saturated carbocycles. The molecule has 0 unspecified atom stereocenters. The third-order valence-corrected chi connectivity index (χ3v) is 1.09. The predicted molar refractivity (Wildman–Crippen MR) is 38.5 cm³/mol. The maximum atomic E-state index is 10.3. The number of aliphatic hydroxyl groups is 1. The monoisotopic (exact) mass is 144 g/mol. The lowest BCUT2D eigenvalue weighted by atomic mass is 10.2. The Bertz CT molecular complexity index is 104. The molecule has 1 radical (unpaired) electrons. The van der Waals surface area contributed by atoms with E-state index in [1.807, 2.05) is 6.92 Å². The summed E-state index contributed by atoms with van der Waals surface area (Å²) in [5.74, 6) is -0.214. The molecule has 0 aliphatic carbocycles. The molecule has 0 aromatic rings. The summed E-state index contributed by atoms with van der Waals surface area (Å²) in [5, 5.41) is 11.2. The first-order valence-electron chi connectivity index (χ1n) is 3.49. The highest BCUT2D eigenvalue weighted by molar-refractivity contribution is 5.73. The smallest absolute Gasteiger partial charge is 0.219 e. The third kappa shape index (κ3) is 5.56. The number of carbonyl (C=O) groups excluding carboxylic acids is 1. The summed E-state index contributed by atoms with van der Waals surface area (Å²) in [5.41, 5.74) is 0. The van der Waals surface area contributed by atoms with Gasteiger partial charge in [0.15, 0.2) is 6.23 Å². The van der Waals surface area contributed by atoms with Gasteiger partial charge < -0.3 is 10.4 Å². The fraction of sp³-hybridized carbons (Fsp3) is 0.714. The molecule has 2 N–H and O–H groups in total. The highest BCUT2D eigenvalue weighted by atomic mass is 16.3. The summed E-state index contributed by atoms with van der Waals surface area (Å²) in [6.07, 6.45) is 2.57. The minimum absolute atomic E-state index is 0.0781. The van der Waals surface area contributed by atoms with Gasteiger partial charge in [-0.25, -0.2) is 0 Å². The van der Waals surface area contributed by atoms with Gasteiger partial charge >= 0.3 is 0 Å². The summed E-state index contributed by atoms with van der Waals surface area (Å²) in [6, 6.07) is 0. The zero-order chi connectivity index (χ0) is 7.98. The van der Waals surface area contributed by atoms with Gasteiger partial charge in [0, 0.05) is 6.92 Å². The maximum Gasteiger partial charge on any atom is 0.219 e. The first-order chi connectivity index (χ1) is 4.66. The quantitative estimate of drug-likeness (QED) is 0.622. The van der Waals surface area contributed by atoms with E-state index in [-0.39, 0.29) is 12.1 Å². The molecule has 0 aromatic carbocycles. The average Bonchev–Trinajstić information content (AvgIpc) is 1.82. The van der Waals surface area contributed by atoms with Crippen molar-refractivity contribution in [1.82, 2.24) is 5.32 Å². The lowest BCUT2D eigenvalue weighted by molar-refractivity contribution is -0.119. The Morgan fingerprint density at radius 2 is 2.20 bits per heavy atom. The van der Waals surface area contributed by atoms with Crippen molar-refractivity contribution in [2.75, 3.05) is 0 Å². The van der Waals surface area contributed by atoms with Gasteiger partial charge in [0.05, 0.1) is 0 Å². The average molecular weight is 144 g/mol. The van der Waals surface area contributed by atoms with E-state index in [9.17, 15) is 4.79 Å². The van der Waals surface area contributed by atoms with Gasteiger partial charge in [-0.05, 0) is 12.8 Å². The topological polar surface area (TPSA) is 49.3 Å². The number of hydrogen-bond acceptors (Lipinski definition) is 2. The number of rotatable bonds is 4. The molecule has 3 nitrogen and oxygen atoms in total. The summed E-state index contributed by atoms with van der Waals surface area (Å²) in [7, 11) is 0. The Morgan fingerprint density at radius 3 is 2.60 bits per heavy atom. The summed E-state index contributed by atoms with van der Waals surface area (Å²) in [6.45, 7) is 3.41. The fourth-order valence-electron chi connectivity index (χ4n) is 0.610. The van der Waals surface area contributed by atoms with E-state index < -0.39 is 0 Å². The zero-order valence-electron chi connectivity index (χ0n) is 6.48. The molecule has 0 aromatic heterocycles. The van der Waals surface area contributed by atoms with Crippen molar-refractivity contribution < 1.29 is 9.90 Å². The van der Waals surface area contributed by atoms with Gasteiger partial charge in [-0.2, -0.15) is 0 Å². The number of aliphatic hydroxyl groups excluding tert-OH is 1. The van der Waals surface area contributed by atoms with Crippen molar-refractivity contribution in [3.8, 4) is 0 Å². The van der Waals surface area contributed by atoms with Gasteiger partial charge in [-0.3, -0.25) is 4.79 Å². The number of hydrogen-bond donors (Lipinski definition) is 2. The van der Waals surface area contributed by atoms with Crippen LogP contribution in [0.15, 0.2) is 0 Å². The Balaban J connectivity index is 3.25. The molecule has 0 aliphatic rings. The molecule has 0 rings (SSSR count). The first-order valence-corrected chi connectivity index (χ1v) is 3.49. The molecule has 3 heteroatoms. The van der Waals surface area contributed by atoms with Crippen molar-refractivity contribution in [3.05, 3.63) is 6.23 Å². The van der Waals surface area contributed by atoms with Crippen LogP contribution < -0.4 is 5.32 Å². The van der Waals surface area contributed by atoms with Gasteiger partial charge in [-0.15, -0.1) is 0 Å².